The second kappa shape index (κ2) is 8.73. The van der Waals surface area contributed by atoms with Crippen molar-refractivity contribution in [2.45, 2.75) is 63.3 Å². The standard InChI is InChI=1S/C23H27N3O3S2/c1-15-6-11-19-20(14-24)23(30-21(19)13-15)25-22(27)17-7-9-18(10-8-17)31(28,29)26-12-4-3-5-16(26)2/h7-10,15-16H,3-6,11-13H2,1-2H3,(H,25,27). The van der Waals surface area contributed by atoms with Gasteiger partial charge in [-0.05, 0) is 74.8 Å². The van der Waals surface area contributed by atoms with E-state index in [2.05, 4.69) is 18.3 Å². The number of nitrogens with one attached hydrogen (secondary N) is 1. The first kappa shape index (κ1) is 22.0. The van der Waals surface area contributed by atoms with Crippen molar-refractivity contribution in [2.24, 2.45) is 5.92 Å². The van der Waals surface area contributed by atoms with Gasteiger partial charge in [0.1, 0.15) is 11.1 Å². The van der Waals surface area contributed by atoms with Crippen LogP contribution in [0.3, 0.4) is 0 Å². The SMILES string of the molecule is CC1CCc2c(sc(NC(=O)c3ccc(S(=O)(=O)N4CCCCC4C)cc3)c2C#N)C1. The number of nitrogens with zero attached hydrogens (tertiary/aromatic N) is 2. The van der Waals surface area contributed by atoms with Crippen LogP contribution in [0.1, 0.15) is 65.9 Å². The van der Waals surface area contributed by atoms with Crippen LogP contribution >= 0.6 is 11.3 Å². The molecule has 0 radical (unpaired) electrons. The van der Waals surface area contributed by atoms with Crippen molar-refractivity contribution < 1.29 is 13.2 Å². The van der Waals surface area contributed by atoms with Crippen molar-refractivity contribution in [1.82, 2.24) is 4.31 Å². The summed E-state index contributed by atoms with van der Waals surface area (Å²) in [7, 11) is -3.57. The molecule has 4 rings (SSSR count). The lowest BCUT2D eigenvalue weighted by molar-refractivity contribution is 0.102. The summed E-state index contributed by atoms with van der Waals surface area (Å²) in [6.07, 6.45) is 5.64. The predicted octanol–water partition coefficient (Wildman–Crippen LogP) is 4.56. The topological polar surface area (TPSA) is 90.3 Å². The predicted molar refractivity (Wildman–Crippen MR) is 122 cm³/mol. The van der Waals surface area contributed by atoms with Crippen molar-refractivity contribution in [1.29, 1.82) is 5.26 Å². The zero-order valence-electron chi connectivity index (χ0n) is 17.8. The van der Waals surface area contributed by atoms with Gasteiger partial charge >= 0.3 is 0 Å². The average Bonchev–Trinajstić information content (AvgIpc) is 3.09. The lowest BCUT2D eigenvalue weighted by atomic mass is 9.88. The normalized spacial score (nSPS) is 21.8. The molecule has 8 heteroatoms. The Morgan fingerprint density at radius 1 is 1.19 bits per heavy atom. The first-order valence-corrected chi connectivity index (χ1v) is 13.0. The molecular weight excluding hydrogens is 430 g/mol. The molecule has 1 aliphatic heterocycles. The summed E-state index contributed by atoms with van der Waals surface area (Å²) in [4.78, 5) is 14.2. The van der Waals surface area contributed by atoms with Crippen molar-refractivity contribution in [3.8, 4) is 6.07 Å². The molecule has 1 N–H and O–H groups in total. The van der Waals surface area contributed by atoms with E-state index >= 15 is 0 Å². The molecule has 0 spiro atoms. The Hall–Kier alpha value is -2.21. The second-order valence-corrected chi connectivity index (χ2v) is 11.6. The number of nitriles is 1. The van der Waals surface area contributed by atoms with Gasteiger partial charge in [-0.15, -0.1) is 11.3 Å². The molecule has 2 unspecified atom stereocenters. The van der Waals surface area contributed by atoms with Crippen LogP contribution in [-0.4, -0.2) is 31.2 Å². The van der Waals surface area contributed by atoms with Gasteiger partial charge in [-0.2, -0.15) is 9.57 Å². The minimum absolute atomic E-state index is 0.0151. The van der Waals surface area contributed by atoms with E-state index < -0.39 is 10.0 Å². The van der Waals surface area contributed by atoms with Crippen LogP contribution < -0.4 is 5.32 Å². The van der Waals surface area contributed by atoms with Gasteiger partial charge in [-0.25, -0.2) is 8.42 Å². The van der Waals surface area contributed by atoms with Crippen molar-refractivity contribution in [2.75, 3.05) is 11.9 Å². The minimum atomic E-state index is -3.57. The minimum Gasteiger partial charge on any atom is -0.312 e. The Labute approximate surface area is 187 Å². The maximum Gasteiger partial charge on any atom is 0.256 e. The van der Waals surface area contributed by atoms with E-state index in [9.17, 15) is 18.5 Å². The van der Waals surface area contributed by atoms with Crippen molar-refractivity contribution >= 4 is 32.3 Å². The third-order valence-electron chi connectivity index (χ3n) is 6.32. The Morgan fingerprint density at radius 2 is 1.94 bits per heavy atom. The molecule has 1 aliphatic carbocycles. The van der Waals surface area contributed by atoms with Gasteiger partial charge in [0.05, 0.1) is 10.5 Å². The van der Waals surface area contributed by atoms with E-state index in [1.807, 2.05) is 6.92 Å². The van der Waals surface area contributed by atoms with Gasteiger partial charge in [0.15, 0.2) is 0 Å². The van der Waals surface area contributed by atoms with Gasteiger partial charge < -0.3 is 5.32 Å². The van der Waals surface area contributed by atoms with E-state index in [0.29, 0.717) is 28.6 Å². The molecule has 2 heterocycles. The van der Waals surface area contributed by atoms with Gasteiger partial charge in [-0.3, -0.25) is 4.79 Å². The van der Waals surface area contributed by atoms with Crippen LogP contribution in [0.4, 0.5) is 5.00 Å². The molecule has 2 aromatic rings. The number of hydrogen-bond acceptors (Lipinski definition) is 5. The van der Waals surface area contributed by atoms with Gasteiger partial charge in [0.25, 0.3) is 5.91 Å². The molecule has 2 aliphatic rings. The van der Waals surface area contributed by atoms with E-state index in [1.165, 1.54) is 28.3 Å². The molecule has 1 saturated heterocycles. The smallest absolute Gasteiger partial charge is 0.256 e. The molecule has 1 amide bonds. The Morgan fingerprint density at radius 3 is 2.61 bits per heavy atom. The van der Waals surface area contributed by atoms with E-state index in [1.54, 1.807) is 16.4 Å². The van der Waals surface area contributed by atoms with Crippen LogP contribution in [0.5, 0.6) is 0 Å². The number of hydrogen-bond donors (Lipinski definition) is 1. The van der Waals surface area contributed by atoms with Crippen molar-refractivity contribution in [3.05, 3.63) is 45.8 Å². The summed E-state index contributed by atoms with van der Waals surface area (Å²) in [5.74, 6) is 0.247. The number of amides is 1. The second-order valence-electron chi connectivity index (χ2n) is 8.61. The molecule has 2 atom stereocenters. The van der Waals surface area contributed by atoms with Crippen LogP contribution in [0.15, 0.2) is 29.2 Å². The number of carbonyl (C=O) groups excluding carboxylic acids is 1. The summed E-state index contributed by atoms with van der Waals surface area (Å²) >= 11 is 1.48. The number of benzene rings is 1. The fourth-order valence-corrected chi connectivity index (χ4v) is 7.53. The zero-order valence-corrected chi connectivity index (χ0v) is 19.5. The highest BCUT2D eigenvalue weighted by Crippen LogP contribution is 2.39. The highest BCUT2D eigenvalue weighted by Gasteiger charge is 2.31. The zero-order chi connectivity index (χ0) is 22.2. The van der Waals surface area contributed by atoms with E-state index in [4.69, 9.17) is 0 Å². The van der Waals surface area contributed by atoms with E-state index in [-0.39, 0.29) is 16.8 Å². The van der Waals surface area contributed by atoms with Crippen LogP contribution in [0.25, 0.3) is 0 Å². The monoisotopic (exact) mass is 457 g/mol. The van der Waals surface area contributed by atoms with E-state index in [0.717, 1.165) is 44.1 Å². The van der Waals surface area contributed by atoms with Crippen molar-refractivity contribution in [3.63, 3.8) is 0 Å². The maximum atomic E-state index is 13.0. The molecule has 6 nitrogen and oxygen atoms in total. The summed E-state index contributed by atoms with van der Waals surface area (Å²) < 4.78 is 27.5. The lowest BCUT2D eigenvalue weighted by Crippen LogP contribution is -2.41. The molecule has 1 aromatic carbocycles. The van der Waals surface area contributed by atoms with Crippen LogP contribution in [-0.2, 0) is 22.9 Å². The number of piperidine rings is 1. The fraction of sp³-hybridized carbons (Fsp3) is 0.478. The summed E-state index contributed by atoms with van der Waals surface area (Å²) in [6.45, 7) is 4.67. The molecule has 31 heavy (non-hydrogen) atoms. The summed E-state index contributed by atoms with van der Waals surface area (Å²) in [6, 6.07) is 8.32. The Balaban J connectivity index is 1.53. The third-order valence-corrected chi connectivity index (χ3v) is 9.51. The fourth-order valence-electron chi connectivity index (χ4n) is 4.47. The molecule has 164 valence electrons. The molecule has 0 saturated carbocycles. The highest BCUT2D eigenvalue weighted by molar-refractivity contribution is 7.89. The number of fused-ring (bicyclic) bond motifs is 1. The Bertz CT molecular complexity index is 1130. The quantitative estimate of drug-likeness (QED) is 0.729. The van der Waals surface area contributed by atoms with Gasteiger partial charge in [-0.1, -0.05) is 13.3 Å². The highest BCUT2D eigenvalue weighted by atomic mass is 32.2. The lowest BCUT2D eigenvalue weighted by Gasteiger charge is -2.32. The third kappa shape index (κ3) is 4.27. The Kier molecular flexibility index (Phi) is 6.20. The first-order valence-electron chi connectivity index (χ1n) is 10.8. The molecular formula is C23H27N3O3S2. The number of sulfonamides is 1. The van der Waals surface area contributed by atoms with Crippen LogP contribution in [0.2, 0.25) is 0 Å². The maximum absolute atomic E-state index is 13.0. The molecule has 0 bridgehead atoms. The summed E-state index contributed by atoms with van der Waals surface area (Å²) in [5.41, 5.74) is 2.01. The van der Waals surface area contributed by atoms with Gasteiger partial charge in [0.2, 0.25) is 10.0 Å². The number of carbonyl (C=O) groups is 1. The largest absolute Gasteiger partial charge is 0.312 e. The average molecular weight is 458 g/mol. The summed E-state index contributed by atoms with van der Waals surface area (Å²) in [5, 5.41) is 13.1. The van der Waals surface area contributed by atoms with Gasteiger partial charge in [0, 0.05) is 23.0 Å². The molecule has 1 fully saturated rings. The molecule has 1 aromatic heterocycles. The number of anilines is 1. The number of thiophene rings is 1. The van der Waals surface area contributed by atoms with Crippen LogP contribution in [0, 0.1) is 17.2 Å². The first-order chi connectivity index (χ1) is 14.8. The number of rotatable bonds is 4.